The van der Waals surface area contributed by atoms with Crippen molar-refractivity contribution >= 4 is 50.7 Å². The van der Waals surface area contributed by atoms with E-state index in [2.05, 4.69) is 10.0 Å². The van der Waals surface area contributed by atoms with Gasteiger partial charge in [-0.1, -0.05) is 47.5 Å². The van der Waals surface area contributed by atoms with Crippen LogP contribution in [-0.2, 0) is 16.6 Å². The zero-order chi connectivity index (χ0) is 30.3. The summed E-state index contributed by atoms with van der Waals surface area (Å²) in [6.07, 6.45) is -1.13. The molecule has 0 aliphatic rings. The number of carboxylic acid groups (broad SMARTS) is 1. The van der Waals surface area contributed by atoms with Crippen LogP contribution in [0.25, 0.3) is 11.1 Å². The maximum Gasteiger partial charge on any atom is 0.404 e. The van der Waals surface area contributed by atoms with Crippen molar-refractivity contribution in [3.05, 3.63) is 101 Å². The van der Waals surface area contributed by atoms with Gasteiger partial charge in [0, 0.05) is 40.9 Å². The van der Waals surface area contributed by atoms with E-state index < -0.39 is 16.1 Å². The standard InChI is InChI=1S/C30H29Cl2N3O6S/c1-40-25-10-6-20(7-11-25)19-35(15-14-33-30(36)37)24-5-3-4-23(18-24)34-42(38,39)29-16-21(8-13-28(29)41-2)26-17-22(31)9-12-27(26)32/h3-13,16-18,33-34H,14-15,19H2,1-2H3,(H,36,37). The third-order valence-electron chi connectivity index (χ3n) is 6.35. The number of nitrogens with one attached hydrogen (secondary N) is 2. The average molecular weight is 631 g/mol. The van der Waals surface area contributed by atoms with Crippen LogP contribution in [0.4, 0.5) is 16.2 Å². The molecule has 0 heterocycles. The molecule has 0 fully saturated rings. The average Bonchev–Trinajstić information content (AvgIpc) is 2.97. The van der Waals surface area contributed by atoms with E-state index in [1.54, 1.807) is 55.6 Å². The number of amides is 1. The summed E-state index contributed by atoms with van der Waals surface area (Å²) in [6, 6.07) is 24.1. The number of halogens is 2. The Labute approximate surface area is 254 Å². The number of anilines is 2. The second kappa shape index (κ2) is 13.7. The predicted molar refractivity (Wildman–Crippen MR) is 166 cm³/mol. The van der Waals surface area contributed by atoms with Crippen molar-refractivity contribution in [1.29, 1.82) is 0 Å². The molecule has 4 aromatic carbocycles. The first kappa shape index (κ1) is 30.8. The highest BCUT2D eigenvalue weighted by Gasteiger charge is 2.22. The minimum Gasteiger partial charge on any atom is -0.497 e. The Balaban J connectivity index is 1.64. The van der Waals surface area contributed by atoms with Crippen molar-refractivity contribution in [2.45, 2.75) is 11.4 Å². The zero-order valence-corrected chi connectivity index (χ0v) is 25.1. The molecular formula is C30H29Cl2N3O6S. The number of carbonyl (C=O) groups is 1. The number of methoxy groups -OCH3 is 2. The first-order valence-electron chi connectivity index (χ1n) is 12.7. The Morgan fingerprint density at radius 2 is 1.69 bits per heavy atom. The molecule has 0 atom stereocenters. The van der Waals surface area contributed by atoms with E-state index in [1.807, 2.05) is 35.2 Å². The third-order valence-corrected chi connectivity index (χ3v) is 8.31. The summed E-state index contributed by atoms with van der Waals surface area (Å²) >= 11 is 12.5. The summed E-state index contributed by atoms with van der Waals surface area (Å²) < 4.78 is 40.5. The maximum absolute atomic E-state index is 13.6. The third kappa shape index (κ3) is 7.79. The summed E-state index contributed by atoms with van der Waals surface area (Å²) in [5.74, 6) is 0.868. The molecule has 1 amide bonds. The number of benzene rings is 4. The topological polar surface area (TPSA) is 117 Å². The fourth-order valence-corrected chi connectivity index (χ4v) is 5.94. The quantitative estimate of drug-likeness (QED) is 0.159. The van der Waals surface area contributed by atoms with Crippen LogP contribution in [0.1, 0.15) is 5.56 Å². The normalized spacial score (nSPS) is 11.0. The lowest BCUT2D eigenvalue weighted by atomic mass is 10.1. The molecule has 0 aliphatic heterocycles. The molecule has 0 aliphatic carbocycles. The van der Waals surface area contributed by atoms with Crippen molar-refractivity contribution < 1.29 is 27.8 Å². The maximum atomic E-state index is 13.6. The molecule has 0 aromatic heterocycles. The van der Waals surface area contributed by atoms with Crippen molar-refractivity contribution in [2.75, 3.05) is 36.9 Å². The molecule has 0 spiro atoms. The fraction of sp³-hybridized carbons (Fsp3) is 0.167. The lowest BCUT2D eigenvalue weighted by Crippen LogP contribution is -2.34. The Kier molecular flexibility index (Phi) is 10.1. The van der Waals surface area contributed by atoms with Crippen molar-refractivity contribution in [1.82, 2.24) is 5.32 Å². The molecule has 220 valence electrons. The van der Waals surface area contributed by atoms with Crippen molar-refractivity contribution in [3.8, 4) is 22.6 Å². The van der Waals surface area contributed by atoms with Gasteiger partial charge in [0.1, 0.15) is 16.4 Å². The summed E-state index contributed by atoms with van der Waals surface area (Å²) in [5, 5.41) is 12.3. The lowest BCUT2D eigenvalue weighted by molar-refractivity contribution is 0.194. The molecule has 0 unspecified atom stereocenters. The van der Waals surface area contributed by atoms with Gasteiger partial charge in [-0.15, -0.1) is 0 Å². The van der Waals surface area contributed by atoms with Crippen LogP contribution < -0.4 is 24.4 Å². The van der Waals surface area contributed by atoms with Crippen molar-refractivity contribution in [3.63, 3.8) is 0 Å². The molecule has 42 heavy (non-hydrogen) atoms. The molecule has 0 saturated heterocycles. The number of ether oxygens (including phenoxy) is 2. The smallest absolute Gasteiger partial charge is 0.404 e. The van der Waals surface area contributed by atoms with Crippen LogP contribution in [0, 0.1) is 0 Å². The Hall–Kier alpha value is -4.12. The van der Waals surface area contributed by atoms with E-state index in [1.165, 1.54) is 13.2 Å². The zero-order valence-electron chi connectivity index (χ0n) is 22.8. The number of hydrogen-bond donors (Lipinski definition) is 3. The van der Waals surface area contributed by atoms with Gasteiger partial charge in [0.05, 0.1) is 19.9 Å². The first-order valence-corrected chi connectivity index (χ1v) is 14.9. The minimum atomic E-state index is -4.12. The van der Waals surface area contributed by atoms with Crippen molar-refractivity contribution in [2.24, 2.45) is 0 Å². The van der Waals surface area contributed by atoms with Gasteiger partial charge in [-0.3, -0.25) is 4.72 Å². The van der Waals surface area contributed by atoms with E-state index in [0.29, 0.717) is 51.4 Å². The minimum absolute atomic E-state index is 0.0790. The molecule has 4 rings (SSSR count). The molecule has 0 saturated carbocycles. The second-order valence-electron chi connectivity index (χ2n) is 9.15. The van der Waals surface area contributed by atoms with E-state index in [0.717, 1.165) is 5.56 Å². The molecule has 12 heteroatoms. The van der Waals surface area contributed by atoms with Gasteiger partial charge >= 0.3 is 6.09 Å². The monoisotopic (exact) mass is 629 g/mol. The Morgan fingerprint density at radius 1 is 0.929 bits per heavy atom. The van der Waals surface area contributed by atoms with Gasteiger partial charge in [-0.25, -0.2) is 13.2 Å². The SMILES string of the molecule is COc1ccc(CN(CCNC(=O)O)c2cccc(NS(=O)(=O)c3cc(-c4cc(Cl)ccc4Cl)ccc3OC)c2)cc1. The summed E-state index contributed by atoms with van der Waals surface area (Å²) in [5.41, 5.74) is 3.08. The van der Waals surface area contributed by atoms with Gasteiger partial charge in [-0.2, -0.15) is 0 Å². The van der Waals surface area contributed by atoms with E-state index >= 15 is 0 Å². The summed E-state index contributed by atoms with van der Waals surface area (Å²) in [7, 11) is -1.14. The van der Waals surface area contributed by atoms with E-state index in [-0.39, 0.29) is 17.2 Å². The van der Waals surface area contributed by atoms with E-state index in [4.69, 9.17) is 37.8 Å². The Morgan fingerprint density at radius 3 is 2.38 bits per heavy atom. The first-order chi connectivity index (χ1) is 20.1. The second-order valence-corrected chi connectivity index (χ2v) is 11.6. The molecule has 0 radical (unpaired) electrons. The van der Waals surface area contributed by atoms with Crippen LogP contribution in [-0.4, -0.2) is 46.9 Å². The molecule has 0 bridgehead atoms. The number of sulfonamides is 1. The van der Waals surface area contributed by atoms with Crippen LogP contribution >= 0.6 is 23.2 Å². The Bertz CT molecular complexity index is 1670. The summed E-state index contributed by atoms with van der Waals surface area (Å²) in [6.45, 7) is 0.944. The molecule has 9 nitrogen and oxygen atoms in total. The summed E-state index contributed by atoms with van der Waals surface area (Å²) in [4.78, 5) is 12.9. The highest BCUT2D eigenvalue weighted by Crippen LogP contribution is 2.36. The molecule has 4 aromatic rings. The predicted octanol–water partition coefficient (Wildman–Crippen LogP) is 6.75. The highest BCUT2D eigenvalue weighted by molar-refractivity contribution is 7.92. The number of hydrogen-bond acceptors (Lipinski definition) is 6. The largest absolute Gasteiger partial charge is 0.497 e. The molecule has 3 N–H and O–H groups in total. The van der Waals surface area contributed by atoms with Gasteiger partial charge in [0.25, 0.3) is 10.0 Å². The van der Waals surface area contributed by atoms with Crippen LogP contribution in [0.5, 0.6) is 11.5 Å². The van der Waals surface area contributed by atoms with Gasteiger partial charge in [0.2, 0.25) is 0 Å². The fourth-order valence-electron chi connectivity index (χ4n) is 4.30. The van der Waals surface area contributed by atoms with Gasteiger partial charge in [-0.05, 0) is 71.8 Å². The van der Waals surface area contributed by atoms with Crippen LogP contribution in [0.15, 0.2) is 89.8 Å². The number of nitrogens with zero attached hydrogens (tertiary/aromatic N) is 1. The lowest BCUT2D eigenvalue weighted by Gasteiger charge is -2.26. The van der Waals surface area contributed by atoms with E-state index in [9.17, 15) is 13.2 Å². The van der Waals surface area contributed by atoms with Gasteiger partial charge < -0.3 is 24.8 Å². The highest BCUT2D eigenvalue weighted by atomic mass is 35.5. The van der Waals surface area contributed by atoms with Crippen LogP contribution in [0.3, 0.4) is 0 Å². The molecular weight excluding hydrogens is 601 g/mol. The van der Waals surface area contributed by atoms with Gasteiger partial charge in [0.15, 0.2) is 0 Å². The van der Waals surface area contributed by atoms with Crippen LogP contribution in [0.2, 0.25) is 10.0 Å². The number of rotatable bonds is 12.